The van der Waals surface area contributed by atoms with E-state index in [-0.39, 0.29) is 6.10 Å². The van der Waals surface area contributed by atoms with Gasteiger partial charge < -0.3 is 4.74 Å². The lowest BCUT2D eigenvalue weighted by molar-refractivity contribution is 0.242. The van der Waals surface area contributed by atoms with Gasteiger partial charge in [0.05, 0.1) is 6.10 Å². The highest BCUT2D eigenvalue weighted by Crippen LogP contribution is 2.14. The fourth-order valence-electron chi connectivity index (χ4n) is 1.22. The third kappa shape index (κ3) is 4.93. The second kappa shape index (κ2) is 6.57. The molecule has 15 heavy (non-hydrogen) atoms. The standard InChI is InChI=1S/C13H18OS/c1-11(2)14-13-8-6-12(7-9-13)5-3-4-10-15/h3,5-9,11,15H,4,10H2,1-2H3. The Hall–Kier alpha value is -0.890. The molecule has 0 aliphatic carbocycles. The largest absolute Gasteiger partial charge is 0.491 e. The number of hydrogen-bond donors (Lipinski definition) is 1. The van der Waals surface area contributed by atoms with Gasteiger partial charge in [0.1, 0.15) is 5.75 Å². The van der Waals surface area contributed by atoms with Crippen LogP contribution in [0.25, 0.3) is 6.08 Å². The van der Waals surface area contributed by atoms with E-state index in [2.05, 4.69) is 36.9 Å². The zero-order chi connectivity index (χ0) is 11.1. The van der Waals surface area contributed by atoms with Gasteiger partial charge in [0, 0.05) is 0 Å². The predicted molar refractivity (Wildman–Crippen MR) is 69.7 cm³/mol. The van der Waals surface area contributed by atoms with E-state index in [1.807, 2.05) is 26.0 Å². The van der Waals surface area contributed by atoms with Crippen molar-refractivity contribution in [2.24, 2.45) is 0 Å². The van der Waals surface area contributed by atoms with Gasteiger partial charge in [0.15, 0.2) is 0 Å². The zero-order valence-corrected chi connectivity index (χ0v) is 10.2. The fraction of sp³-hybridized carbons (Fsp3) is 0.385. The molecule has 1 aromatic rings. The molecule has 0 aromatic heterocycles. The number of allylic oxidation sites excluding steroid dienone is 1. The highest BCUT2D eigenvalue weighted by molar-refractivity contribution is 7.80. The lowest BCUT2D eigenvalue weighted by Gasteiger charge is -2.09. The average Bonchev–Trinajstić information content (AvgIpc) is 2.20. The normalized spacial score (nSPS) is 11.2. The molecule has 2 heteroatoms. The molecule has 0 heterocycles. The number of ether oxygens (including phenoxy) is 1. The van der Waals surface area contributed by atoms with E-state index in [1.54, 1.807) is 0 Å². The van der Waals surface area contributed by atoms with Crippen molar-refractivity contribution in [2.45, 2.75) is 26.4 Å². The van der Waals surface area contributed by atoms with Crippen LogP contribution < -0.4 is 4.74 Å². The van der Waals surface area contributed by atoms with Gasteiger partial charge in [-0.25, -0.2) is 0 Å². The fourth-order valence-corrected chi connectivity index (χ4v) is 1.37. The molecular weight excluding hydrogens is 204 g/mol. The molecule has 0 aliphatic heterocycles. The highest BCUT2D eigenvalue weighted by atomic mass is 32.1. The van der Waals surface area contributed by atoms with Crippen LogP contribution in [0.15, 0.2) is 30.3 Å². The summed E-state index contributed by atoms with van der Waals surface area (Å²) in [6, 6.07) is 8.13. The van der Waals surface area contributed by atoms with Crippen molar-refractivity contribution in [3.05, 3.63) is 35.9 Å². The Kier molecular flexibility index (Phi) is 5.33. The summed E-state index contributed by atoms with van der Waals surface area (Å²) < 4.78 is 5.56. The van der Waals surface area contributed by atoms with E-state index in [0.29, 0.717) is 0 Å². The van der Waals surface area contributed by atoms with E-state index in [1.165, 1.54) is 5.56 Å². The van der Waals surface area contributed by atoms with Gasteiger partial charge >= 0.3 is 0 Å². The van der Waals surface area contributed by atoms with Crippen molar-refractivity contribution >= 4 is 18.7 Å². The second-order valence-corrected chi connectivity index (χ2v) is 4.10. The maximum atomic E-state index is 5.56. The van der Waals surface area contributed by atoms with Crippen LogP contribution in [0.4, 0.5) is 0 Å². The molecule has 1 nitrogen and oxygen atoms in total. The van der Waals surface area contributed by atoms with Crippen molar-refractivity contribution < 1.29 is 4.74 Å². The molecule has 0 unspecified atom stereocenters. The lowest BCUT2D eigenvalue weighted by Crippen LogP contribution is -2.05. The van der Waals surface area contributed by atoms with Gasteiger partial charge in [-0.05, 0) is 43.7 Å². The molecule has 0 radical (unpaired) electrons. The molecule has 0 aliphatic rings. The first-order valence-corrected chi connectivity index (χ1v) is 5.89. The minimum absolute atomic E-state index is 0.232. The summed E-state index contributed by atoms with van der Waals surface area (Å²) in [5, 5.41) is 0. The zero-order valence-electron chi connectivity index (χ0n) is 9.31. The molecule has 0 bridgehead atoms. The quantitative estimate of drug-likeness (QED) is 0.745. The predicted octanol–water partition coefficient (Wildman–Crippen LogP) is 3.81. The van der Waals surface area contributed by atoms with Gasteiger partial charge in [0.25, 0.3) is 0 Å². The average molecular weight is 222 g/mol. The molecule has 0 N–H and O–H groups in total. The molecule has 82 valence electrons. The smallest absolute Gasteiger partial charge is 0.119 e. The summed E-state index contributed by atoms with van der Waals surface area (Å²) in [5.41, 5.74) is 1.20. The van der Waals surface area contributed by atoms with Crippen molar-refractivity contribution in [3.8, 4) is 5.75 Å². The summed E-state index contributed by atoms with van der Waals surface area (Å²) in [4.78, 5) is 0. The van der Waals surface area contributed by atoms with Crippen LogP contribution in [-0.2, 0) is 0 Å². The first-order valence-electron chi connectivity index (χ1n) is 5.26. The van der Waals surface area contributed by atoms with E-state index < -0.39 is 0 Å². The Morgan fingerprint density at radius 1 is 1.27 bits per heavy atom. The minimum atomic E-state index is 0.232. The Labute approximate surface area is 97.6 Å². The Morgan fingerprint density at radius 2 is 1.93 bits per heavy atom. The van der Waals surface area contributed by atoms with Crippen LogP contribution in [0.5, 0.6) is 5.75 Å². The SMILES string of the molecule is CC(C)Oc1ccc(C=CCCS)cc1. The van der Waals surface area contributed by atoms with Crippen molar-refractivity contribution in [1.82, 2.24) is 0 Å². The highest BCUT2D eigenvalue weighted by Gasteiger charge is 1.95. The molecule has 0 spiro atoms. The Morgan fingerprint density at radius 3 is 2.47 bits per heavy atom. The molecule has 0 atom stereocenters. The number of benzene rings is 1. The lowest BCUT2D eigenvalue weighted by atomic mass is 10.2. The monoisotopic (exact) mass is 222 g/mol. The summed E-state index contributed by atoms with van der Waals surface area (Å²) in [7, 11) is 0. The molecule has 1 rings (SSSR count). The van der Waals surface area contributed by atoms with Crippen LogP contribution in [0.3, 0.4) is 0 Å². The summed E-state index contributed by atoms with van der Waals surface area (Å²) in [6.07, 6.45) is 5.48. The maximum absolute atomic E-state index is 5.56. The molecular formula is C13H18OS. The third-order valence-corrected chi connectivity index (χ3v) is 2.12. The van der Waals surface area contributed by atoms with Crippen molar-refractivity contribution in [2.75, 3.05) is 5.75 Å². The van der Waals surface area contributed by atoms with E-state index in [0.717, 1.165) is 17.9 Å². The van der Waals surface area contributed by atoms with Gasteiger partial charge in [-0.3, -0.25) is 0 Å². The van der Waals surface area contributed by atoms with Crippen LogP contribution in [0.1, 0.15) is 25.8 Å². The molecule has 0 fully saturated rings. The minimum Gasteiger partial charge on any atom is -0.491 e. The van der Waals surface area contributed by atoms with Crippen molar-refractivity contribution in [3.63, 3.8) is 0 Å². The molecule has 0 saturated carbocycles. The van der Waals surface area contributed by atoms with Crippen LogP contribution >= 0.6 is 12.6 Å². The number of thiol groups is 1. The number of rotatable bonds is 5. The first-order chi connectivity index (χ1) is 7.22. The van der Waals surface area contributed by atoms with Gasteiger partial charge in [0.2, 0.25) is 0 Å². The van der Waals surface area contributed by atoms with Crippen LogP contribution in [0.2, 0.25) is 0 Å². The topological polar surface area (TPSA) is 9.23 Å². The summed E-state index contributed by atoms with van der Waals surface area (Å²) in [6.45, 7) is 4.06. The van der Waals surface area contributed by atoms with Gasteiger partial charge in [-0.2, -0.15) is 12.6 Å². The van der Waals surface area contributed by atoms with E-state index >= 15 is 0 Å². The molecule has 0 amide bonds. The van der Waals surface area contributed by atoms with E-state index in [9.17, 15) is 0 Å². The van der Waals surface area contributed by atoms with Crippen LogP contribution in [-0.4, -0.2) is 11.9 Å². The van der Waals surface area contributed by atoms with Crippen molar-refractivity contribution in [1.29, 1.82) is 0 Å². The first kappa shape index (κ1) is 12.2. The Bertz CT molecular complexity index is 301. The molecule has 0 saturated heterocycles. The maximum Gasteiger partial charge on any atom is 0.119 e. The summed E-state index contributed by atoms with van der Waals surface area (Å²) in [5.74, 6) is 1.82. The van der Waals surface area contributed by atoms with Crippen LogP contribution in [0, 0.1) is 0 Å². The second-order valence-electron chi connectivity index (χ2n) is 3.65. The number of hydrogen-bond acceptors (Lipinski definition) is 2. The van der Waals surface area contributed by atoms with Gasteiger partial charge in [-0.1, -0.05) is 24.3 Å². The Balaban J connectivity index is 2.56. The van der Waals surface area contributed by atoms with Gasteiger partial charge in [-0.15, -0.1) is 0 Å². The van der Waals surface area contributed by atoms with E-state index in [4.69, 9.17) is 4.74 Å². The summed E-state index contributed by atoms with van der Waals surface area (Å²) >= 11 is 4.15. The third-order valence-electron chi connectivity index (χ3n) is 1.86. The molecule has 1 aromatic carbocycles.